The largest absolute Gasteiger partial charge is 0.383 e. The van der Waals surface area contributed by atoms with Crippen molar-refractivity contribution >= 4 is 11.6 Å². The molecule has 0 spiro atoms. The molecule has 24 heavy (non-hydrogen) atoms. The van der Waals surface area contributed by atoms with Crippen LogP contribution in [-0.2, 0) is 4.79 Å². The van der Waals surface area contributed by atoms with Crippen LogP contribution < -0.4 is 10.2 Å². The van der Waals surface area contributed by atoms with Crippen LogP contribution in [0.1, 0.15) is 42.6 Å². The third kappa shape index (κ3) is 3.51. The van der Waals surface area contributed by atoms with E-state index in [1.807, 2.05) is 19.9 Å². The van der Waals surface area contributed by atoms with Gasteiger partial charge < -0.3 is 15.3 Å². The summed E-state index contributed by atoms with van der Waals surface area (Å²) in [5.41, 5.74) is 3.18. The molecule has 1 aliphatic heterocycles. The second-order valence-corrected chi connectivity index (χ2v) is 6.91. The maximum Gasteiger partial charge on any atom is 0.249 e. The molecule has 1 atom stereocenters. The molecule has 0 aromatic carbocycles. The van der Waals surface area contributed by atoms with E-state index < -0.39 is 6.10 Å². The molecule has 0 bridgehead atoms. The van der Waals surface area contributed by atoms with E-state index in [9.17, 15) is 15.2 Å². The van der Waals surface area contributed by atoms with Gasteiger partial charge in [0.15, 0.2) is 0 Å². The van der Waals surface area contributed by atoms with Crippen LogP contribution in [-0.4, -0.2) is 41.2 Å². The number of carbonyl (C=O) groups is 1. The maximum atomic E-state index is 12.0. The van der Waals surface area contributed by atoms with Crippen LogP contribution in [0.5, 0.6) is 0 Å². The van der Waals surface area contributed by atoms with E-state index in [4.69, 9.17) is 0 Å². The second kappa shape index (κ2) is 6.78. The fraction of sp³-hybridized carbons (Fsp3) is 0.611. The third-order valence-electron chi connectivity index (χ3n) is 4.94. The van der Waals surface area contributed by atoms with Gasteiger partial charge in [-0.1, -0.05) is 0 Å². The van der Waals surface area contributed by atoms with Crippen molar-refractivity contribution in [1.29, 1.82) is 5.26 Å². The smallest absolute Gasteiger partial charge is 0.249 e. The average molecular weight is 328 g/mol. The van der Waals surface area contributed by atoms with Crippen molar-refractivity contribution in [2.45, 2.75) is 51.7 Å². The number of anilines is 1. The molecule has 1 aromatic rings. The first kappa shape index (κ1) is 16.7. The van der Waals surface area contributed by atoms with E-state index in [0.29, 0.717) is 5.56 Å². The molecule has 1 amide bonds. The number of nitriles is 1. The summed E-state index contributed by atoms with van der Waals surface area (Å²) in [5.74, 6) is -0.251. The lowest BCUT2D eigenvalue weighted by atomic mass is 9.90. The SMILES string of the molecule is Cc1cc(N2CCC([C@@H](O)C(=O)NC3CC3)CC2)c(C#N)c(C)n1. The summed E-state index contributed by atoms with van der Waals surface area (Å²) in [5, 5.41) is 22.6. The number of rotatable bonds is 4. The quantitative estimate of drug-likeness (QED) is 0.873. The number of aliphatic hydroxyl groups excluding tert-OH is 1. The molecule has 2 fully saturated rings. The minimum absolute atomic E-state index is 0.0189. The molecule has 1 saturated heterocycles. The van der Waals surface area contributed by atoms with E-state index >= 15 is 0 Å². The number of aromatic nitrogens is 1. The minimum Gasteiger partial charge on any atom is -0.383 e. The highest BCUT2D eigenvalue weighted by atomic mass is 16.3. The van der Waals surface area contributed by atoms with Crippen molar-refractivity contribution < 1.29 is 9.90 Å². The zero-order valence-electron chi connectivity index (χ0n) is 14.2. The number of nitrogens with zero attached hydrogens (tertiary/aromatic N) is 3. The summed E-state index contributed by atoms with van der Waals surface area (Å²) in [6.07, 6.45) is 2.60. The number of aliphatic hydroxyl groups is 1. The van der Waals surface area contributed by atoms with Crippen molar-refractivity contribution in [3.63, 3.8) is 0 Å². The van der Waals surface area contributed by atoms with Crippen LogP contribution in [0.15, 0.2) is 6.07 Å². The highest BCUT2D eigenvalue weighted by molar-refractivity contribution is 5.81. The van der Waals surface area contributed by atoms with Crippen LogP contribution in [0.3, 0.4) is 0 Å². The Morgan fingerprint density at radius 2 is 2.04 bits per heavy atom. The molecule has 128 valence electrons. The van der Waals surface area contributed by atoms with Crippen molar-refractivity contribution in [2.24, 2.45) is 5.92 Å². The lowest BCUT2D eigenvalue weighted by Crippen LogP contribution is -2.45. The van der Waals surface area contributed by atoms with Crippen LogP contribution in [0, 0.1) is 31.1 Å². The fourth-order valence-corrected chi connectivity index (χ4v) is 3.38. The minimum atomic E-state index is -0.927. The van der Waals surface area contributed by atoms with Crippen LogP contribution in [0.4, 0.5) is 5.69 Å². The highest BCUT2D eigenvalue weighted by Gasteiger charge is 2.33. The summed E-state index contributed by atoms with van der Waals surface area (Å²) >= 11 is 0. The number of nitrogens with one attached hydrogen (secondary N) is 1. The van der Waals surface area contributed by atoms with E-state index in [-0.39, 0.29) is 17.9 Å². The Kier molecular flexibility index (Phi) is 4.72. The number of aryl methyl sites for hydroxylation is 2. The molecule has 3 rings (SSSR count). The highest BCUT2D eigenvalue weighted by Crippen LogP contribution is 2.29. The second-order valence-electron chi connectivity index (χ2n) is 6.91. The molecular weight excluding hydrogens is 304 g/mol. The normalized spacial score (nSPS) is 19.7. The van der Waals surface area contributed by atoms with Crippen molar-refractivity contribution in [2.75, 3.05) is 18.0 Å². The Balaban J connectivity index is 1.65. The molecule has 1 aliphatic carbocycles. The molecule has 6 nitrogen and oxygen atoms in total. The summed E-state index contributed by atoms with van der Waals surface area (Å²) in [4.78, 5) is 18.5. The number of hydrogen-bond donors (Lipinski definition) is 2. The van der Waals surface area contributed by atoms with Gasteiger partial charge in [-0.3, -0.25) is 9.78 Å². The number of pyridine rings is 1. The van der Waals surface area contributed by atoms with Crippen molar-refractivity contribution in [3.05, 3.63) is 23.0 Å². The number of carbonyl (C=O) groups excluding carboxylic acids is 1. The Bertz CT molecular complexity index is 670. The van der Waals surface area contributed by atoms with E-state index in [1.165, 1.54) is 0 Å². The first-order valence-electron chi connectivity index (χ1n) is 8.61. The molecule has 2 N–H and O–H groups in total. The van der Waals surface area contributed by atoms with E-state index in [2.05, 4.69) is 21.3 Å². The van der Waals surface area contributed by atoms with Gasteiger partial charge in [0.05, 0.1) is 16.9 Å². The molecule has 2 aliphatic rings. The Morgan fingerprint density at radius 3 is 2.62 bits per heavy atom. The summed E-state index contributed by atoms with van der Waals surface area (Å²) in [6.45, 7) is 5.25. The van der Waals surface area contributed by atoms with Gasteiger partial charge in [0, 0.05) is 24.8 Å². The van der Waals surface area contributed by atoms with Gasteiger partial charge in [-0.2, -0.15) is 5.26 Å². The molecule has 1 saturated carbocycles. The van der Waals surface area contributed by atoms with E-state index in [0.717, 1.165) is 55.8 Å². The van der Waals surface area contributed by atoms with Gasteiger partial charge in [0.25, 0.3) is 0 Å². The van der Waals surface area contributed by atoms with Crippen molar-refractivity contribution in [3.8, 4) is 6.07 Å². The lowest BCUT2D eigenvalue weighted by Gasteiger charge is -2.35. The topological polar surface area (TPSA) is 89.2 Å². The molecule has 6 heteroatoms. The van der Waals surface area contributed by atoms with Crippen LogP contribution in [0.25, 0.3) is 0 Å². The first-order valence-corrected chi connectivity index (χ1v) is 8.61. The monoisotopic (exact) mass is 328 g/mol. The predicted molar refractivity (Wildman–Crippen MR) is 90.5 cm³/mol. The fourth-order valence-electron chi connectivity index (χ4n) is 3.38. The predicted octanol–water partition coefficient (Wildman–Crippen LogP) is 1.43. The Labute approximate surface area is 142 Å². The van der Waals surface area contributed by atoms with Gasteiger partial charge in [-0.15, -0.1) is 0 Å². The van der Waals surface area contributed by atoms with Gasteiger partial charge in [-0.05, 0) is 51.5 Å². The Morgan fingerprint density at radius 1 is 1.38 bits per heavy atom. The summed E-state index contributed by atoms with van der Waals surface area (Å²) in [6, 6.07) is 4.47. The number of amides is 1. The standard InChI is InChI=1S/C18H24N4O2/c1-11-9-16(15(10-19)12(2)20-11)22-7-5-13(6-8-22)17(23)18(24)21-14-3-4-14/h9,13-14,17,23H,3-8H2,1-2H3,(H,21,24)/t17-/m1/s1. The van der Waals surface area contributed by atoms with Gasteiger partial charge >= 0.3 is 0 Å². The van der Waals surface area contributed by atoms with Gasteiger partial charge in [0.2, 0.25) is 5.91 Å². The zero-order valence-corrected chi connectivity index (χ0v) is 14.2. The first-order chi connectivity index (χ1) is 11.5. The van der Waals surface area contributed by atoms with Crippen molar-refractivity contribution in [1.82, 2.24) is 10.3 Å². The number of piperidine rings is 1. The van der Waals surface area contributed by atoms with Gasteiger partial charge in [-0.25, -0.2) is 0 Å². The molecular formula is C18H24N4O2. The maximum absolute atomic E-state index is 12.0. The summed E-state index contributed by atoms with van der Waals surface area (Å²) in [7, 11) is 0. The molecule has 0 unspecified atom stereocenters. The Hall–Kier alpha value is -2.13. The van der Waals surface area contributed by atoms with Crippen LogP contribution in [0.2, 0.25) is 0 Å². The number of hydrogen-bond acceptors (Lipinski definition) is 5. The molecule has 1 aromatic heterocycles. The molecule has 0 radical (unpaired) electrons. The molecule has 2 heterocycles. The zero-order chi connectivity index (χ0) is 17.3. The van der Waals surface area contributed by atoms with Crippen LogP contribution >= 0.6 is 0 Å². The van der Waals surface area contributed by atoms with E-state index in [1.54, 1.807) is 0 Å². The van der Waals surface area contributed by atoms with Gasteiger partial charge in [0.1, 0.15) is 12.2 Å². The summed E-state index contributed by atoms with van der Waals surface area (Å²) < 4.78 is 0. The average Bonchev–Trinajstić information content (AvgIpc) is 3.37. The lowest BCUT2D eigenvalue weighted by molar-refractivity contribution is -0.132. The third-order valence-corrected chi connectivity index (χ3v) is 4.94.